The number of benzene rings is 1. The number of hydrogen-bond acceptors (Lipinski definition) is 5. The van der Waals surface area contributed by atoms with E-state index in [0.29, 0.717) is 26.1 Å². The summed E-state index contributed by atoms with van der Waals surface area (Å²) in [7, 11) is 3.28. The van der Waals surface area contributed by atoms with E-state index in [0.717, 1.165) is 42.9 Å². The van der Waals surface area contributed by atoms with Crippen molar-refractivity contribution in [1.29, 1.82) is 0 Å². The third-order valence-corrected chi connectivity index (χ3v) is 4.93. The van der Waals surface area contributed by atoms with E-state index in [4.69, 9.17) is 18.9 Å². The lowest BCUT2D eigenvalue weighted by molar-refractivity contribution is -0.150. The summed E-state index contributed by atoms with van der Waals surface area (Å²) in [4.78, 5) is 14.8. The van der Waals surface area contributed by atoms with Crippen LogP contribution in [0.5, 0.6) is 11.5 Å². The standard InChI is InChI=1S/C19H27NO5/c1-22-15-7-8-17(23-2)14(13-15)6-9-18(21)20-10-4-3-5-16(20)19-24-11-12-25-19/h7-8,13,16,19H,3-6,9-12H2,1-2H3. The zero-order valence-corrected chi connectivity index (χ0v) is 15.0. The second-order valence-electron chi connectivity index (χ2n) is 6.44. The van der Waals surface area contributed by atoms with E-state index in [1.807, 2.05) is 23.1 Å². The summed E-state index contributed by atoms with van der Waals surface area (Å²) in [5.41, 5.74) is 0.983. The fraction of sp³-hybridized carbons (Fsp3) is 0.632. The van der Waals surface area contributed by atoms with Gasteiger partial charge in [-0.2, -0.15) is 0 Å². The van der Waals surface area contributed by atoms with Crippen molar-refractivity contribution >= 4 is 5.91 Å². The Balaban J connectivity index is 1.64. The maximum absolute atomic E-state index is 12.8. The largest absolute Gasteiger partial charge is 0.497 e. The molecule has 2 saturated heterocycles. The molecule has 1 atom stereocenters. The van der Waals surface area contributed by atoms with Crippen LogP contribution in [0.4, 0.5) is 0 Å². The van der Waals surface area contributed by atoms with E-state index in [1.54, 1.807) is 14.2 Å². The molecule has 2 aliphatic heterocycles. The van der Waals surface area contributed by atoms with Crippen LogP contribution in [-0.4, -0.2) is 57.1 Å². The molecule has 0 aromatic heterocycles. The Morgan fingerprint density at radius 3 is 2.72 bits per heavy atom. The molecule has 1 aromatic rings. The molecule has 138 valence electrons. The van der Waals surface area contributed by atoms with Gasteiger partial charge < -0.3 is 23.8 Å². The van der Waals surface area contributed by atoms with Crippen LogP contribution in [-0.2, 0) is 20.7 Å². The number of amides is 1. The molecule has 0 spiro atoms. The lowest BCUT2D eigenvalue weighted by Crippen LogP contribution is -2.50. The van der Waals surface area contributed by atoms with E-state index in [9.17, 15) is 4.79 Å². The van der Waals surface area contributed by atoms with Gasteiger partial charge in [-0.05, 0) is 49.4 Å². The average molecular weight is 349 g/mol. The molecule has 6 nitrogen and oxygen atoms in total. The van der Waals surface area contributed by atoms with Crippen molar-refractivity contribution in [2.45, 2.75) is 44.4 Å². The van der Waals surface area contributed by atoms with Crippen molar-refractivity contribution in [1.82, 2.24) is 4.90 Å². The minimum absolute atomic E-state index is 0.0379. The van der Waals surface area contributed by atoms with Gasteiger partial charge in [-0.1, -0.05) is 0 Å². The topological polar surface area (TPSA) is 57.2 Å². The van der Waals surface area contributed by atoms with E-state index in [1.165, 1.54) is 0 Å². The van der Waals surface area contributed by atoms with Gasteiger partial charge in [0.15, 0.2) is 6.29 Å². The number of ether oxygens (including phenoxy) is 4. The molecule has 1 amide bonds. The Labute approximate surface area is 149 Å². The van der Waals surface area contributed by atoms with Gasteiger partial charge >= 0.3 is 0 Å². The van der Waals surface area contributed by atoms with Crippen LogP contribution in [0, 0.1) is 0 Å². The molecule has 1 aromatic carbocycles. The van der Waals surface area contributed by atoms with Crippen LogP contribution in [0.1, 0.15) is 31.2 Å². The Hall–Kier alpha value is -1.79. The number of likely N-dealkylation sites (tertiary alicyclic amines) is 1. The Kier molecular flexibility index (Phi) is 6.15. The zero-order chi connectivity index (χ0) is 17.6. The molecule has 1 unspecified atom stereocenters. The van der Waals surface area contributed by atoms with E-state index < -0.39 is 0 Å². The van der Waals surface area contributed by atoms with Gasteiger partial charge in [0.2, 0.25) is 5.91 Å². The molecule has 2 fully saturated rings. The minimum Gasteiger partial charge on any atom is -0.497 e. The summed E-state index contributed by atoms with van der Waals surface area (Å²) < 4.78 is 22.0. The number of carbonyl (C=O) groups excluding carboxylic acids is 1. The molecule has 0 radical (unpaired) electrons. The smallest absolute Gasteiger partial charge is 0.223 e. The van der Waals surface area contributed by atoms with Gasteiger partial charge in [0.1, 0.15) is 11.5 Å². The molecule has 0 saturated carbocycles. The van der Waals surface area contributed by atoms with Crippen molar-refractivity contribution in [2.75, 3.05) is 34.0 Å². The molecule has 0 bridgehead atoms. The SMILES string of the molecule is COc1ccc(OC)c(CCC(=O)N2CCCCC2C2OCCO2)c1. The summed E-state index contributed by atoms with van der Waals surface area (Å²) in [5, 5.41) is 0. The monoisotopic (exact) mass is 349 g/mol. The molecule has 0 N–H and O–H groups in total. The first-order chi connectivity index (χ1) is 12.2. The summed E-state index contributed by atoms with van der Waals surface area (Å²) >= 11 is 0. The lowest BCUT2D eigenvalue weighted by atomic mass is 10.00. The molecule has 3 rings (SSSR count). The van der Waals surface area contributed by atoms with Gasteiger partial charge in [0.25, 0.3) is 0 Å². The van der Waals surface area contributed by atoms with Gasteiger partial charge in [0.05, 0.1) is 33.5 Å². The first-order valence-electron chi connectivity index (χ1n) is 8.96. The van der Waals surface area contributed by atoms with Crippen molar-refractivity contribution in [2.24, 2.45) is 0 Å². The van der Waals surface area contributed by atoms with Crippen molar-refractivity contribution in [3.05, 3.63) is 23.8 Å². The number of carbonyl (C=O) groups is 1. The van der Waals surface area contributed by atoms with Gasteiger partial charge in [-0.15, -0.1) is 0 Å². The highest BCUT2D eigenvalue weighted by Crippen LogP contribution is 2.28. The second kappa shape index (κ2) is 8.54. The fourth-order valence-electron chi connectivity index (χ4n) is 3.61. The number of piperidine rings is 1. The molecule has 0 aliphatic carbocycles. The van der Waals surface area contributed by atoms with Crippen LogP contribution >= 0.6 is 0 Å². The van der Waals surface area contributed by atoms with E-state index in [2.05, 4.69) is 0 Å². The highest BCUT2D eigenvalue weighted by atomic mass is 16.7. The first-order valence-corrected chi connectivity index (χ1v) is 8.96. The maximum Gasteiger partial charge on any atom is 0.223 e. The van der Waals surface area contributed by atoms with Gasteiger partial charge in [0, 0.05) is 13.0 Å². The van der Waals surface area contributed by atoms with Crippen LogP contribution in [0.3, 0.4) is 0 Å². The Bertz CT molecular complexity index is 585. The number of hydrogen-bond donors (Lipinski definition) is 0. The normalized spacial score (nSPS) is 21.4. The summed E-state index contributed by atoms with van der Waals surface area (Å²) in [6.45, 7) is 2.01. The van der Waals surface area contributed by atoms with Gasteiger partial charge in [-0.3, -0.25) is 4.79 Å². The number of rotatable bonds is 6. The van der Waals surface area contributed by atoms with E-state index >= 15 is 0 Å². The third kappa shape index (κ3) is 4.25. The van der Waals surface area contributed by atoms with Crippen LogP contribution in [0.15, 0.2) is 18.2 Å². The minimum atomic E-state index is -0.268. The maximum atomic E-state index is 12.8. The number of nitrogens with zero attached hydrogens (tertiary/aromatic N) is 1. The molecule has 2 aliphatic rings. The Morgan fingerprint density at radius 2 is 2.00 bits per heavy atom. The lowest BCUT2D eigenvalue weighted by Gasteiger charge is -2.38. The van der Waals surface area contributed by atoms with Crippen molar-refractivity contribution in [3.8, 4) is 11.5 Å². The van der Waals surface area contributed by atoms with Gasteiger partial charge in [-0.25, -0.2) is 0 Å². The highest BCUT2D eigenvalue weighted by molar-refractivity contribution is 5.77. The number of methoxy groups -OCH3 is 2. The van der Waals surface area contributed by atoms with Crippen LogP contribution in [0.25, 0.3) is 0 Å². The summed E-state index contributed by atoms with van der Waals surface area (Å²) in [6.07, 6.45) is 3.88. The predicted molar refractivity (Wildman–Crippen MR) is 92.9 cm³/mol. The first kappa shape index (κ1) is 18.0. The van der Waals surface area contributed by atoms with E-state index in [-0.39, 0.29) is 18.2 Å². The zero-order valence-electron chi connectivity index (χ0n) is 15.0. The second-order valence-corrected chi connectivity index (χ2v) is 6.44. The summed E-state index contributed by atoms with van der Waals surface area (Å²) in [6, 6.07) is 5.71. The molecular formula is C19H27NO5. The number of aryl methyl sites for hydroxylation is 1. The molecular weight excluding hydrogens is 322 g/mol. The van der Waals surface area contributed by atoms with Crippen molar-refractivity contribution in [3.63, 3.8) is 0 Å². The third-order valence-electron chi connectivity index (χ3n) is 4.93. The van der Waals surface area contributed by atoms with Crippen LogP contribution < -0.4 is 9.47 Å². The van der Waals surface area contributed by atoms with Crippen molar-refractivity contribution < 1.29 is 23.7 Å². The Morgan fingerprint density at radius 1 is 1.20 bits per heavy atom. The molecule has 6 heteroatoms. The molecule has 25 heavy (non-hydrogen) atoms. The quantitative estimate of drug-likeness (QED) is 0.789. The van der Waals surface area contributed by atoms with Crippen LogP contribution in [0.2, 0.25) is 0 Å². The molecule has 2 heterocycles. The summed E-state index contributed by atoms with van der Waals surface area (Å²) in [5.74, 6) is 1.70. The highest BCUT2D eigenvalue weighted by Gasteiger charge is 2.35. The average Bonchev–Trinajstić information content (AvgIpc) is 3.20. The fourth-order valence-corrected chi connectivity index (χ4v) is 3.61. The predicted octanol–water partition coefficient (Wildman–Crippen LogP) is 2.39.